The number of ketones is 1. The first-order valence-corrected chi connectivity index (χ1v) is 7.54. The van der Waals surface area contributed by atoms with Crippen LogP contribution in [-0.4, -0.2) is 16.7 Å². The molecule has 0 spiro atoms. The summed E-state index contributed by atoms with van der Waals surface area (Å²) >= 11 is 6.04. The topological polar surface area (TPSA) is 62.0 Å². The molecule has 0 saturated carbocycles. The van der Waals surface area contributed by atoms with Gasteiger partial charge in [0.25, 0.3) is 11.7 Å². The fourth-order valence-electron chi connectivity index (χ4n) is 2.54. The average molecular weight is 327 g/mol. The summed E-state index contributed by atoms with van der Waals surface area (Å²) in [5.74, 6) is -1.26. The van der Waals surface area contributed by atoms with Crippen LogP contribution < -0.4 is 5.32 Å². The minimum Gasteiger partial charge on any atom is -0.358 e. The van der Waals surface area contributed by atoms with Gasteiger partial charge in [-0.05, 0) is 37.6 Å². The van der Waals surface area contributed by atoms with Crippen LogP contribution in [0.25, 0.3) is 10.9 Å². The molecule has 4 nitrogen and oxygen atoms in total. The second kappa shape index (κ2) is 5.89. The van der Waals surface area contributed by atoms with E-state index in [1.54, 1.807) is 25.1 Å². The molecule has 23 heavy (non-hydrogen) atoms. The van der Waals surface area contributed by atoms with Crippen molar-refractivity contribution in [1.82, 2.24) is 4.98 Å². The number of nitrogens with one attached hydrogen (secondary N) is 2. The van der Waals surface area contributed by atoms with Crippen LogP contribution in [-0.2, 0) is 4.79 Å². The number of amides is 1. The maximum absolute atomic E-state index is 12.5. The van der Waals surface area contributed by atoms with E-state index in [0.29, 0.717) is 22.0 Å². The van der Waals surface area contributed by atoms with E-state index in [4.69, 9.17) is 11.6 Å². The van der Waals surface area contributed by atoms with Gasteiger partial charge in [0.2, 0.25) is 0 Å². The van der Waals surface area contributed by atoms with Crippen molar-refractivity contribution < 1.29 is 9.59 Å². The largest absolute Gasteiger partial charge is 0.358 e. The molecule has 0 bridgehead atoms. The first kappa shape index (κ1) is 15.3. The van der Waals surface area contributed by atoms with Crippen molar-refractivity contribution in [2.24, 2.45) is 0 Å². The zero-order chi connectivity index (χ0) is 16.6. The number of carbonyl (C=O) groups is 2. The summed E-state index contributed by atoms with van der Waals surface area (Å²) in [5.41, 5.74) is 3.31. The number of hydrogen-bond acceptors (Lipinski definition) is 2. The Morgan fingerprint density at radius 3 is 2.57 bits per heavy atom. The smallest absolute Gasteiger partial charge is 0.296 e. The number of Topliss-reactive ketones (excluding diaryl/α,β-unsaturated/α-hetero) is 1. The maximum Gasteiger partial charge on any atom is 0.296 e. The van der Waals surface area contributed by atoms with Gasteiger partial charge in [0, 0.05) is 27.3 Å². The van der Waals surface area contributed by atoms with Gasteiger partial charge in [-0.3, -0.25) is 9.59 Å². The number of carbonyl (C=O) groups excluding carboxylic acids is 2. The first-order valence-electron chi connectivity index (χ1n) is 7.16. The standard InChI is InChI=1S/C18H15ClN2O2/c1-10-7-8-12(9-14(10)19)21-18(23)17(22)16-11(2)20-15-6-4-3-5-13(15)16/h3-9,20H,1-2H3,(H,21,23). The molecule has 116 valence electrons. The van der Waals surface area contributed by atoms with Crippen molar-refractivity contribution in [3.8, 4) is 0 Å². The Hall–Kier alpha value is -2.59. The fraction of sp³-hybridized carbons (Fsp3) is 0.111. The Bertz CT molecular complexity index is 928. The van der Waals surface area contributed by atoms with Crippen molar-refractivity contribution in [2.45, 2.75) is 13.8 Å². The molecule has 1 heterocycles. The van der Waals surface area contributed by atoms with Crippen LogP contribution >= 0.6 is 11.6 Å². The van der Waals surface area contributed by atoms with E-state index < -0.39 is 11.7 Å². The number of rotatable bonds is 3. The lowest BCUT2D eigenvalue weighted by Crippen LogP contribution is -2.23. The minimum atomic E-state index is -0.683. The highest BCUT2D eigenvalue weighted by Crippen LogP contribution is 2.24. The van der Waals surface area contributed by atoms with Crippen molar-refractivity contribution in [3.63, 3.8) is 0 Å². The number of benzene rings is 2. The summed E-state index contributed by atoms with van der Waals surface area (Å²) in [7, 11) is 0. The number of anilines is 1. The fourth-order valence-corrected chi connectivity index (χ4v) is 2.72. The number of aromatic amines is 1. The molecule has 3 aromatic rings. The quantitative estimate of drug-likeness (QED) is 0.558. The molecule has 0 fully saturated rings. The number of aryl methyl sites for hydroxylation is 2. The minimum absolute atomic E-state index is 0.399. The Balaban J connectivity index is 1.91. The third kappa shape index (κ3) is 2.85. The van der Waals surface area contributed by atoms with Crippen LogP contribution in [0.1, 0.15) is 21.6 Å². The SMILES string of the molecule is Cc1ccc(NC(=O)C(=O)c2c(C)[nH]c3ccccc23)cc1Cl. The molecule has 0 aliphatic carbocycles. The van der Waals surface area contributed by atoms with Gasteiger partial charge < -0.3 is 10.3 Å². The molecule has 2 aromatic carbocycles. The van der Waals surface area contributed by atoms with Gasteiger partial charge in [-0.25, -0.2) is 0 Å². The highest BCUT2D eigenvalue weighted by atomic mass is 35.5. The monoisotopic (exact) mass is 326 g/mol. The average Bonchev–Trinajstić information content (AvgIpc) is 2.86. The van der Waals surface area contributed by atoms with Crippen molar-refractivity contribution >= 4 is 39.9 Å². The third-order valence-electron chi connectivity index (χ3n) is 3.76. The third-order valence-corrected chi connectivity index (χ3v) is 4.16. The number of halogens is 1. The van der Waals surface area contributed by atoms with E-state index in [9.17, 15) is 9.59 Å². The summed E-state index contributed by atoms with van der Waals surface area (Å²) in [6.07, 6.45) is 0. The highest BCUT2D eigenvalue weighted by Gasteiger charge is 2.22. The normalized spacial score (nSPS) is 10.7. The van der Waals surface area contributed by atoms with Gasteiger partial charge >= 0.3 is 0 Å². The van der Waals surface area contributed by atoms with Gasteiger partial charge in [0.15, 0.2) is 0 Å². The van der Waals surface area contributed by atoms with Gasteiger partial charge in [0.05, 0.1) is 5.56 Å². The lowest BCUT2D eigenvalue weighted by Gasteiger charge is -2.06. The molecule has 0 unspecified atom stereocenters. The summed E-state index contributed by atoms with van der Waals surface area (Å²) in [5, 5.41) is 3.89. The van der Waals surface area contributed by atoms with Gasteiger partial charge in [-0.15, -0.1) is 0 Å². The zero-order valence-corrected chi connectivity index (χ0v) is 13.5. The maximum atomic E-state index is 12.5. The van der Waals surface area contributed by atoms with Crippen LogP contribution in [0.5, 0.6) is 0 Å². The number of H-pyrrole nitrogens is 1. The van der Waals surface area contributed by atoms with E-state index in [0.717, 1.165) is 16.5 Å². The number of hydrogen-bond donors (Lipinski definition) is 2. The predicted molar refractivity (Wildman–Crippen MR) is 92.2 cm³/mol. The van der Waals surface area contributed by atoms with E-state index in [2.05, 4.69) is 10.3 Å². The second-order valence-corrected chi connectivity index (χ2v) is 5.82. The van der Waals surface area contributed by atoms with Gasteiger partial charge in [-0.2, -0.15) is 0 Å². The molecule has 0 atom stereocenters. The molecule has 3 rings (SSSR count). The van der Waals surface area contributed by atoms with Crippen molar-refractivity contribution in [2.75, 3.05) is 5.32 Å². The first-order chi connectivity index (χ1) is 11.0. The Labute approximate surface area is 138 Å². The Morgan fingerprint density at radius 1 is 1.09 bits per heavy atom. The number of para-hydroxylation sites is 1. The lowest BCUT2D eigenvalue weighted by molar-refractivity contribution is -0.112. The molecule has 0 radical (unpaired) electrons. The van der Waals surface area contributed by atoms with E-state index in [-0.39, 0.29) is 0 Å². The van der Waals surface area contributed by atoms with Crippen LogP contribution in [0.3, 0.4) is 0 Å². The molecule has 0 saturated heterocycles. The van der Waals surface area contributed by atoms with E-state index in [1.165, 1.54) is 0 Å². The van der Waals surface area contributed by atoms with E-state index >= 15 is 0 Å². The van der Waals surface area contributed by atoms with Crippen molar-refractivity contribution in [3.05, 3.63) is 64.3 Å². The Morgan fingerprint density at radius 2 is 1.83 bits per heavy atom. The Kier molecular flexibility index (Phi) is 3.92. The molecule has 5 heteroatoms. The van der Waals surface area contributed by atoms with Crippen molar-refractivity contribution in [1.29, 1.82) is 0 Å². The number of aromatic nitrogens is 1. The summed E-state index contributed by atoms with van der Waals surface area (Å²) in [6, 6.07) is 12.5. The highest BCUT2D eigenvalue weighted by molar-refractivity contribution is 6.48. The van der Waals surface area contributed by atoms with Crippen LogP contribution in [0, 0.1) is 13.8 Å². The molecule has 0 aliphatic heterocycles. The van der Waals surface area contributed by atoms with Gasteiger partial charge in [-0.1, -0.05) is 35.9 Å². The molecule has 1 aromatic heterocycles. The molecule has 1 amide bonds. The van der Waals surface area contributed by atoms with Crippen LogP contribution in [0.2, 0.25) is 5.02 Å². The second-order valence-electron chi connectivity index (χ2n) is 5.42. The number of fused-ring (bicyclic) bond motifs is 1. The van der Waals surface area contributed by atoms with Crippen LogP contribution in [0.15, 0.2) is 42.5 Å². The predicted octanol–water partition coefficient (Wildman–Crippen LogP) is 4.26. The molecule has 0 aliphatic rings. The van der Waals surface area contributed by atoms with E-state index in [1.807, 2.05) is 31.2 Å². The zero-order valence-electron chi connectivity index (χ0n) is 12.7. The summed E-state index contributed by atoms with van der Waals surface area (Å²) in [6.45, 7) is 3.65. The molecular formula is C18H15ClN2O2. The molecule has 2 N–H and O–H groups in total. The summed E-state index contributed by atoms with van der Waals surface area (Å²) < 4.78 is 0. The van der Waals surface area contributed by atoms with Crippen LogP contribution in [0.4, 0.5) is 5.69 Å². The molecular weight excluding hydrogens is 312 g/mol. The van der Waals surface area contributed by atoms with Gasteiger partial charge in [0.1, 0.15) is 0 Å². The summed E-state index contributed by atoms with van der Waals surface area (Å²) in [4.78, 5) is 27.9. The lowest BCUT2D eigenvalue weighted by atomic mass is 10.1.